The van der Waals surface area contributed by atoms with E-state index in [2.05, 4.69) is 15.3 Å². The summed E-state index contributed by atoms with van der Waals surface area (Å²) in [5.41, 5.74) is 0. The van der Waals surface area contributed by atoms with Crippen LogP contribution in [0.1, 0.15) is 20.8 Å². The topological polar surface area (TPSA) is 69.2 Å². The third kappa shape index (κ3) is 3.09. The zero-order chi connectivity index (χ0) is 11.4. The van der Waals surface area contributed by atoms with Gasteiger partial charge in [0.2, 0.25) is 0 Å². The third-order valence-corrected chi connectivity index (χ3v) is 2.16. The average Bonchev–Trinajstić information content (AvgIpc) is 2.21. The van der Waals surface area contributed by atoms with Crippen LogP contribution in [0.2, 0.25) is 0 Å². The predicted octanol–water partition coefficient (Wildman–Crippen LogP) is 0.868. The standard InChI is InChI=1S/C9H16N2O4/c1-5-6(2)14-8(7(3)13-5)11-15-9(12)10-4/h5-7H,1-4H3,(H,10,12). The maximum absolute atomic E-state index is 10.8. The van der Waals surface area contributed by atoms with E-state index in [4.69, 9.17) is 9.47 Å². The van der Waals surface area contributed by atoms with Crippen LogP contribution in [0.15, 0.2) is 5.16 Å². The average molecular weight is 216 g/mol. The monoisotopic (exact) mass is 216 g/mol. The van der Waals surface area contributed by atoms with Crippen molar-refractivity contribution in [2.75, 3.05) is 7.05 Å². The highest BCUT2D eigenvalue weighted by molar-refractivity contribution is 5.81. The number of hydrogen-bond acceptors (Lipinski definition) is 5. The van der Waals surface area contributed by atoms with Gasteiger partial charge in [-0.1, -0.05) is 0 Å². The first-order chi connectivity index (χ1) is 7.04. The molecular weight excluding hydrogens is 200 g/mol. The molecule has 0 spiro atoms. The Balaban J connectivity index is 2.57. The van der Waals surface area contributed by atoms with Crippen molar-refractivity contribution in [3.05, 3.63) is 0 Å². The van der Waals surface area contributed by atoms with Crippen LogP contribution >= 0.6 is 0 Å². The lowest BCUT2D eigenvalue weighted by atomic mass is 10.2. The first-order valence-corrected chi connectivity index (χ1v) is 4.83. The molecule has 1 amide bonds. The molecular formula is C9H16N2O4. The van der Waals surface area contributed by atoms with Gasteiger partial charge in [-0.2, -0.15) is 0 Å². The van der Waals surface area contributed by atoms with E-state index in [1.165, 1.54) is 7.05 Å². The van der Waals surface area contributed by atoms with Crippen molar-refractivity contribution in [2.24, 2.45) is 5.16 Å². The molecule has 6 heteroatoms. The van der Waals surface area contributed by atoms with Crippen LogP contribution in [0.25, 0.3) is 0 Å². The van der Waals surface area contributed by atoms with E-state index in [1.54, 1.807) is 6.92 Å². The lowest BCUT2D eigenvalue weighted by molar-refractivity contribution is -0.0761. The van der Waals surface area contributed by atoms with Crippen molar-refractivity contribution in [2.45, 2.75) is 39.1 Å². The van der Waals surface area contributed by atoms with E-state index in [-0.39, 0.29) is 24.2 Å². The lowest BCUT2D eigenvalue weighted by Crippen LogP contribution is -2.43. The summed E-state index contributed by atoms with van der Waals surface area (Å²) in [4.78, 5) is 15.3. The van der Waals surface area contributed by atoms with Gasteiger partial charge in [-0.05, 0) is 25.9 Å². The number of ether oxygens (including phenoxy) is 2. The molecule has 1 rings (SSSR count). The summed E-state index contributed by atoms with van der Waals surface area (Å²) in [6.07, 6.45) is -1.04. The second kappa shape index (κ2) is 4.97. The molecule has 3 unspecified atom stereocenters. The highest BCUT2D eigenvalue weighted by Crippen LogP contribution is 2.16. The van der Waals surface area contributed by atoms with Gasteiger partial charge >= 0.3 is 6.09 Å². The highest BCUT2D eigenvalue weighted by atomic mass is 16.7. The molecule has 0 aromatic heterocycles. The molecule has 0 saturated carbocycles. The van der Waals surface area contributed by atoms with Crippen molar-refractivity contribution >= 4 is 12.0 Å². The molecule has 1 aliphatic heterocycles. The molecule has 6 nitrogen and oxygen atoms in total. The Kier molecular flexibility index (Phi) is 3.90. The Morgan fingerprint density at radius 2 is 2.07 bits per heavy atom. The molecule has 1 saturated heterocycles. The van der Waals surface area contributed by atoms with Crippen molar-refractivity contribution in [3.8, 4) is 0 Å². The summed E-state index contributed by atoms with van der Waals surface area (Å²) in [6, 6.07) is 0. The first-order valence-electron chi connectivity index (χ1n) is 4.83. The molecule has 0 bridgehead atoms. The minimum atomic E-state index is -0.635. The summed E-state index contributed by atoms with van der Waals surface area (Å²) >= 11 is 0. The molecule has 1 heterocycles. The fourth-order valence-electron chi connectivity index (χ4n) is 1.10. The largest absolute Gasteiger partial charge is 0.471 e. The van der Waals surface area contributed by atoms with E-state index in [0.717, 1.165) is 0 Å². The quantitative estimate of drug-likeness (QED) is 0.521. The molecule has 15 heavy (non-hydrogen) atoms. The number of carbonyl (C=O) groups excluding carboxylic acids is 1. The number of carbonyl (C=O) groups is 1. The Morgan fingerprint density at radius 1 is 1.40 bits per heavy atom. The van der Waals surface area contributed by atoms with Crippen LogP contribution in [-0.4, -0.2) is 37.4 Å². The second-order valence-electron chi connectivity index (χ2n) is 3.36. The summed E-state index contributed by atoms with van der Waals surface area (Å²) in [7, 11) is 1.45. The molecule has 1 N–H and O–H groups in total. The minimum Gasteiger partial charge on any atom is -0.471 e. The van der Waals surface area contributed by atoms with E-state index < -0.39 is 6.09 Å². The van der Waals surface area contributed by atoms with Crippen LogP contribution < -0.4 is 5.32 Å². The molecule has 1 aliphatic rings. The number of oxime groups is 1. The molecule has 3 atom stereocenters. The predicted molar refractivity (Wildman–Crippen MR) is 53.5 cm³/mol. The van der Waals surface area contributed by atoms with Gasteiger partial charge in [-0.25, -0.2) is 4.79 Å². The Labute approximate surface area is 88.6 Å². The Bertz CT molecular complexity index is 267. The van der Waals surface area contributed by atoms with Gasteiger partial charge in [0.05, 0.1) is 6.10 Å². The highest BCUT2D eigenvalue weighted by Gasteiger charge is 2.29. The van der Waals surface area contributed by atoms with Crippen molar-refractivity contribution in [3.63, 3.8) is 0 Å². The fourth-order valence-corrected chi connectivity index (χ4v) is 1.10. The summed E-state index contributed by atoms with van der Waals surface area (Å²) < 4.78 is 10.9. The van der Waals surface area contributed by atoms with Crippen LogP contribution in [0.5, 0.6) is 0 Å². The molecule has 86 valence electrons. The molecule has 0 aromatic carbocycles. The number of rotatable bonds is 1. The fraction of sp³-hybridized carbons (Fsp3) is 0.778. The normalized spacial score (nSPS) is 33.3. The van der Waals surface area contributed by atoms with Gasteiger partial charge in [0.25, 0.3) is 5.90 Å². The second-order valence-corrected chi connectivity index (χ2v) is 3.36. The SMILES string of the molecule is CNC(=O)ON=C1OC(C)C(C)OC1C. The summed E-state index contributed by atoms with van der Waals surface area (Å²) in [5.74, 6) is 0.282. The molecule has 0 radical (unpaired) electrons. The van der Waals surface area contributed by atoms with Gasteiger partial charge in [0.15, 0.2) is 0 Å². The summed E-state index contributed by atoms with van der Waals surface area (Å²) in [6.45, 7) is 5.57. The van der Waals surface area contributed by atoms with E-state index in [9.17, 15) is 4.79 Å². The number of nitrogens with one attached hydrogen (secondary N) is 1. The number of amides is 1. The van der Waals surface area contributed by atoms with Gasteiger partial charge in [0.1, 0.15) is 12.2 Å². The van der Waals surface area contributed by atoms with Gasteiger partial charge in [0, 0.05) is 7.05 Å². The zero-order valence-electron chi connectivity index (χ0n) is 9.31. The Morgan fingerprint density at radius 3 is 2.67 bits per heavy atom. The van der Waals surface area contributed by atoms with Crippen molar-refractivity contribution in [1.82, 2.24) is 5.32 Å². The molecule has 1 fully saturated rings. The van der Waals surface area contributed by atoms with Crippen molar-refractivity contribution in [1.29, 1.82) is 0 Å². The zero-order valence-corrected chi connectivity index (χ0v) is 9.31. The van der Waals surface area contributed by atoms with Crippen LogP contribution in [0, 0.1) is 0 Å². The minimum absolute atomic E-state index is 0.000971. The molecule has 0 aliphatic carbocycles. The Hall–Kier alpha value is -1.30. The molecule has 0 aromatic rings. The first kappa shape index (κ1) is 11.8. The van der Waals surface area contributed by atoms with Gasteiger partial charge < -0.3 is 14.8 Å². The van der Waals surface area contributed by atoms with Crippen LogP contribution in [-0.2, 0) is 14.3 Å². The smallest absolute Gasteiger partial charge is 0.433 e. The van der Waals surface area contributed by atoms with E-state index >= 15 is 0 Å². The van der Waals surface area contributed by atoms with Gasteiger partial charge in [-0.3, -0.25) is 4.84 Å². The van der Waals surface area contributed by atoms with E-state index in [0.29, 0.717) is 0 Å². The number of nitrogens with zero attached hydrogens (tertiary/aromatic N) is 1. The van der Waals surface area contributed by atoms with Crippen molar-refractivity contribution < 1.29 is 19.1 Å². The van der Waals surface area contributed by atoms with Crippen LogP contribution in [0.3, 0.4) is 0 Å². The van der Waals surface area contributed by atoms with Crippen LogP contribution in [0.4, 0.5) is 4.79 Å². The number of hydrogen-bond donors (Lipinski definition) is 1. The van der Waals surface area contributed by atoms with E-state index in [1.807, 2.05) is 13.8 Å². The third-order valence-electron chi connectivity index (χ3n) is 2.16. The summed E-state index contributed by atoms with van der Waals surface area (Å²) in [5, 5.41) is 5.85. The lowest BCUT2D eigenvalue weighted by Gasteiger charge is -2.31. The maximum Gasteiger partial charge on any atom is 0.433 e. The maximum atomic E-state index is 10.8. The van der Waals surface area contributed by atoms with Gasteiger partial charge in [-0.15, -0.1) is 0 Å².